The molecule has 2 unspecified atom stereocenters. The number of hydrogen-bond acceptors (Lipinski definition) is 3. The molecule has 0 saturated carbocycles. The van der Waals surface area contributed by atoms with Gasteiger partial charge in [0.05, 0.1) is 12.2 Å². The van der Waals surface area contributed by atoms with Crippen LogP contribution in [0.25, 0.3) is 32.8 Å². The molecular formula is C36H48IrNO2-. The normalized spacial score (nSPS) is 13.8. The first-order chi connectivity index (χ1) is 18.2. The van der Waals surface area contributed by atoms with Crippen LogP contribution < -0.4 is 0 Å². The van der Waals surface area contributed by atoms with Gasteiger partial charge in [0.1, 0.15) is 0 Å². The topological polar surface area (TPSA) is 53.4 Å². The fourth-order valence-electron chi connectivity index (χ4n) is 4.46. The van der Waals surface area contributed by atoms with Crippen molar-refractivity contribution in [1.82, 2.24) is 4.98 Å². The van der Waals surface area contributed by atoms with Gasteiger partial charge in [-0.1, -0.05) is 116 Å². The van der Waals surface area contributed by atoms with Crippen LogP contribution in [0.5, 0.6) is 0 Å². The van der Waals surface area contributed by atoms with E-state index in [1.54, 1.807) is 0 Å². The van der Waals surface area contributed by atoms with E-state index in [-0.39, 0.29) is 36.4 Å². The van der Waals surface area contributed by atoms with Gasteiger partial charge >= 0.3 is 0 Å². The van der Waals surface area contributed by atoms with Gasteiger partial charge in [-0.15, -0.1) is 29.1 Å². The molecule has 0 spiro atoms. The van der Waals surface area contributed by atoms with E-state index in [1.807, 2.05) is 52.1 Å². The largest absolute Gasteiger partial charge is 0.392 e. The smallest absolute Gasteiger partial charge is 0.0615 e. The first-order valence-corrected chi connectivity index (χ1v) is 14.4. The minimum absolute atomic E-state index is 0. The van der Waals surface area contributed by atoms with Crippen molar-refractivity contribution in [1.29, 1.82) is 0 Å². The fraction of sp³-hybridized carbons (Fsp3) is 0.472. The van der Waals surface area contributed by atoms with E-state index in [1.165, 1.54) is 27.1 Å². The maximum Gasteiger partial charge on any atom is 0.0615 e. The van der Waals surface area contributed by atoms with E-state index >= 15 is 0 Å². The van der Waals surface area contributed by atoms with Gasteiger partial charge in [0.2, 0.25) is 0 Å². The van der Waals surface area contributed by atoms with Gasteiger partial charge in [-0.3, -0.25) is 0 Å². The SMILES string of the molecule is CC(C)(C)c1ccc2c(ccc3cc(-c4ccccn4)[c-]cc32)c1.CCC(C)(C)C(O)CC(O)C(C)(C)CC.[Ir]. The van der Waals surface area contributed by atoms with Crippen LogP contribution in [-0.2, 0) is 25.5 Å². The minimum atomic E-state index is -0.427. The van der Waals surface area contributed by atoms with Gasteiger partial charge in [-0.2, -0.15) is 0 Å². The molecule has 0 amide bonds. The number of nitrogens with zero attached hydrogens (tertiary/aromatic N) is 1. The van der Waals surface area contributed by atoms with Crippen molar-refractivity contribution < 1.29 is 30.3 Å². The molecule has 0 aliphatic heterocycles. The Labute approximate surface area is 255 Å². The van der Waals surface area contributed by atoms with Gasteiger partial charge in [-0.25, -0.2) is 0 Å². The van der Waals surface area contributed by atoms with Crippen LogP contribution in [-0.4, -0.2) is 27.4 Å². The maximum absolute atomic E-state index is 10.0. The third kappa shape index (κ3) is 8.23. The van der Waals surface area contributed by atoms with Crippen molar-refractivity contribution in [2.45, 2.75) is 99.2 Å². The summed E-state index contributed by atoms with van der Waals surface area (Å²) in [4.78, 5) is 4.43. The van der Waals surface area contributed by atoms with E-state index in [0.717, 1.165) is 24.1 Å². The average Bonchev–Trinajstić information content (AvgIpc) is 2.92. The molecule has 1 heterocycles. The van der Waals surface area contributed by atoms with Gasteiger partial charge in [0.25, 0.3) is 0 Å². The molecule has 1 radical (unpaired) electrons. The van der Waals surface area contributed by atoms with Gasteiger partial charge in [0, 0.05) is 32.7 Å². The van der Waals surface area contributed by atoms with Crippen molar-refractivity contribution in [2.75, 3.05) is 0 Å². The van der Waals surface area contributed by atoms with E-state index in [4.69, 9.17) is 0 Å². The fourth-order valence-corrected chi connectivity index (χ4v) is 4.46. The second kappa shape index (κ2) is 13.7. The van der Waals surface area contributed by atoms with E-state index in [0.29, 0.717) is 6.42 Å². The van der Waals surface area contributed by atoms with Gasteiger partial charge < -0.3 is 15.2 Å². The predicted octanol–water partition coefficient (Wildman–Crippen LogP) is 9.12. The zero-order valence-corrected chi connectivity index (χ0v) is 28.2. The number of aromatic nitrogens is 1. The number of hydrogen-bond donors (Lipinski definition) is 2. The Morgan fingerprint density at radius 2 is 1.32 bits per heavy atom. The zero-order chi connectivity index (χ0) is 29.0. The molecule has 219 valence electrons. The van der Waals surface area contributed by atoms with Crippen molar-refractivity contribution >= 4 is 21.5 Å². The molecule has 0 fully saturated rings. The summed E-state index contributed by atoms with van der Waals surface area (Å²) in [5.74, 6) is 0. The summed E-state index contributed by atoms with van der Waals surface area (Å²) in [5, 5.41) is 25.1. The van der Waals surface area contributed by atoms with Crippen molar-refractivity contribution in [2.24, 2.45) is 10.8 Å². The Hall–Kier alpha value is -2.10. The number of fused-ring (bicyclic) bond motifs is 3. The zero-order valence-electron chi connectivity index (χ0n) is 25.8. The molecule has 2 atom stereocenters. The van der Waals surface area contributed by atoms with E-state index < -0.39 is 12.2 Å². The molecule has 4 aromatic rings. The summed E-state index contributed by atoms with van der Waals surface area (Å²) in [6, 6.07) is 24.8. The molecule has 1 aromatic heterocycles. The number of aliphatic hydroxyl groups is 2. The molecule has 40 heavy (non-hydrogen) atoms. The molecule has 4 rings (SSSR count). The second-order valence-electron chi connectivity index (χ2n) is 13.3. The Morgan fingerprint density at radius 1 is 0.750 bits per heavy atom. The monoisotopic (exact) mass is 719 g/mol. The molecule has 2 N–H and O–H groups in total. The average molecular weight is 719 g/mol. The Kier molecular flexibility index (Phi) is 11.7. The molecular weight excluding hydrogens is 671 g/mol. The summed E-state index contributed by atoms with van der Waals surface area (Å²) in [6.45, 7) is 19.1. The summed E-state index contributed by atoms with van der Waals surface area (Å²) < 4.78 is 0. The van der Waals surface area contributed by atoms with E-state index in [9.17, 15) is 10.2 Å². The van der Waals surface area contributed by atoms with Crippen LogP contribution in [0.2, 0.25) is 0 Å². The van der Waals surface area contributed by atoms with Crippen molar-refractivity contribution in [3.63, 3.8) is 0 Å². The summed E-state index contributed by atoms with van der Waals surface area (Å²) in [5.41, 5.74) is 3.31. The van der Waals surface area contributed by atoms with Crippen LogP contribution in [0.4, 0.5) is 0 Å². The first kappa shape index (κ1) is 34.1. The summed E-state index contributed by atoms with van der Waals surface area (Å²) in [7, 11) is 0. The molecule has 0 saturated heterocycles. The van der Waals surface area contributed by atoms with Gasteiger partial charge in [0.15, 0.2) is 0 Å². The predicted molar refractivity (Wildman–Crippen MR) is 167 cm³/mol. The van der Waals surface area contributed by atoms with Crippen LogP contribution >= 0.6 is 0 Å². The first-order valence-electron chi connectivity index (χ1n) is 14.4. The second-order valence-corrected chi connectivity index (χ2v) is 13.3. The number of aliphatic hydroxyl groups excluding tert-OH is 2. The third-order valence-corrected chi connectivity index (χ3v) is 8.65. The molecule has 3 aromatic carbocycles. The Morgan fingerprint density at radius 3 is 1.82 bits per heavy atom. The minimum Gasteiger partial charge on any atom is -0.392 e. The number of rotatable bonds is 7. The number of pyridine rings is 1. The molecule has 0 aliphatic carbocycles. The molecule has 0 aliphatic rings. The quantitative estimate of drug-likeness (QED) is 0.148. The molecule has 3 nitrogen and oxygen atoms in total. The number of benzene rings is 3. The van der Waals surface area contributed by atoms with Gasteiger partial charge in [-0.05, 0) is 51.8 Å². The summed E-state index contributed by atoms with van der Waals surface area (Å²) in [6.07, 6.45) is 3.29. The molecule has 4 heteroatoms. The summed E-state index contributed by atoms with van der Waals surface area (Å²) >= 11 is 0. The van der Waals surface area contributed by atoms with Crippen LogP contribution in [0.1, 0.15) is 87.1 Å². The standard InChI is InChI=1S/C23H20N.C13H28O2.Ir/c1-23(2,3)19-10-12-21-17(15-19)8-7-16-14-18(9-11-20(16)21)22-6-4-5-13-24-22;1-7-12(3,4)10(14)9-11(15)13(5,6)8-2;/h4-8,10-15H,1-3H3;10-11,14-15H,7-9H2,1-6H3;/q-1;;. The van der Waals surface area contributed by atoms with Crippen LogP contribution in [0.15, 0.2) is 66.9 Å². The molecule has 0 bridgehead atoms. The Balaban J connectivity index is 0.000000307. The maximum atomic E-state index is 10.0. The van der Waals surface area contributed by atoms with E-state index in [2.05, 4.69) is 88.1 Å². The van der Waals surface area contributed by atoms with Crippen molar-refractivity contribution in [3.8, 4) is 11.3 Å². The van der Waals surface area contributed by atoms with Crippen molar-refractivity contribution in [3.05, 3.63) is 78.5 Å². The third-order valence-electron chi connectivity index (χ3n) is 8.65. The van der Waals surface area contributed by atoms with Crippen LogP contribution in [0, 0.1) is 16.9 Å². The van der Waals surface area contributed by atoms with Crippen LogP contribution in [0.3, 0.4) is 0 Å². The Bertz CT molecular complexity index is 1350.